The van der Waals surface area contributed by atoms with Gasteiger partial charge in [-0.05, 0) is 24.3 Å². The van der Waals surface area contributed by atoms with Gasteiger partial charge in [0.05, 0.1) is 30.7 Å². The van der Waals surface area contributed by atoms with Crippen molar-refractivity contribution in [2.75, 3.05) is 12.3 Å². The van der Waals surface area contributed by atoms with Gasteiger partial charge in [0.1, 0.15) is 12.3 Å². The highest BCUT2D eigenvalue weighted by atomic mass is 35.5. The fraction of sp³-hybridized carbons (Fsp3) is 0.300. The lowest BCUT2D eigenvalue weighted by molar-refractivity contribution is -0.275. The van der Waals surface area contributed by atoms with Crippen molar-refractivity contribution in [1.82, 2.24) is 5.32 Å². The molecule has 2 aromatic carbocycles. The maximum Gasteiger partial charge on any atom is 0.435 e. The third-order valence-corrected chi connectivity index (χ3v) is 8.33. The summed E-state index contributed by atoms with van der Waals surface area (Å²) in [6.45, 7) is -1.74. The van der Waals surface area contributed by atoms with E-state index in [-0.39, 0.29) is 26.3 Å². The Kier molecular flexibility index (Phi) is 8.27. The SMILES string of the molecule is O=C(CS(=O)(=O)c1ccc(C2=NOC(c3cc(Cl)c(Cl)c(Cl)c3)(C(F)(F)F)C2)cc1Cl)NCC(F)(F)F. The van der Waals surface area contributed by atoms with Crippen LogP contribution in [0.1, 0.15) is 17.5 Å². The third kappa shape index (κ3) is 6.39. The van der Waals surface area contributed by atoms with Crippen molar-refractivity contribution in [1.29, 1.82) is 0 Å². The van der Waals surface area contributed by atoms with E-state index in [4.69, 9.17) is 51.2 Å². The zero-order valence-electron chi connectivity index (χ0n) is 17.8. The van der Waals surface area contributed by atoms with Crippen LogP contribution in [0.25, 0.3) is 0 Å². The second kappa shape index (κ2) is 10.3. The van der Waals surface area contributed by atoms with Gasteiger partial charge in [-0.25, -0.2) is 8.42 Å². The molecule has 37 heavy (non-hydrogen) atoms. The Balaban J connectivity index is 1.88. The second-order valence-corrected chi connectivity index (χ2v) is 11.2. The highest BCUT2D eigenvalue weighted by molar-refractivity contribution is 7.92. The summed E-state index contributed by atoms with van der Waals surface area (Å²) in [5.74, 6) is -2.78. The Morgan fingerprint density at radius 3 is 2.11 bits per heavy atom. The van der Waals surface area contributed by atoms with E-state index in [0.29, 0.717) is 0 Å². The Labute approximate surface area is 225 Å². The zero-order chi connectivity index (χ0) is 28.0. The topological polar surface area (TPSA) is 84.8 Å². The minimum absolute atomic E-state index is 0.0530. The number of rotatable bonds is 6. The molecule has 0 saturated heterocycles. The number of amides is 1. The van der Waals surface area contributed by atoms with Gasteiger partial charge in [-0.2, -0.15) is 26.3 Å². The van der Waals surface area contributed by atoms with E-state index in [2.05, 4.69) is 5.16 Å². The molecule has 6 nitrogen and oxygen atoms in total. The number of nitrogens with one attached hydrogen (secondary N) is 1. The lowest BCUT2D eigenvalue weighted by Crippen LogP contribution is -2.42. The lowest BCUT2D eigenvalue weighted by atomic mass is 9.86. The molecule has 1 aliphatic rings. The maximum atomic E-state index is 14.2. The predicted molar refractivity (Wildman–Crippen MR) is 124 cm³/mol. The molecule has 3 rings (SSSR count). The van der Waals surface area contributed by atoms with Gasteiger partial charge in [-0.15, -0.1) is 0 Å². The first-order valence-corrected chi connectivity index (χ1v) is 12.9. The Hall–Kier alpha value is -1.93. The van der Waals surface area contributed by atoms with Crippen LogP contribution in [-0.2, 0) is 25.1 Å². The van der Waals surface area contributed by atoms with Crippen molar-refractivity contribution in [3.8, 4) is 0 Å². The molecule has 1 N–H and O–H groups in total. The highest BCUT2D eigenvalue weighted by Crippen LogP contribution is 2.50. The van der Waals surface area contributed by atoms with Crippen LogP contribution in [0.3, 0.4) is 0 Å². The molecule has 0 radical (unpaired) electrons. The summed E-state index contributed by atoms with van der Waals surface area (Å²) in [5.41, 5.74) is -3.82. The van der Waals surface area contributed by atoms with Gasteiger partial charge in [0.25, 0.3) is 5.60 Å². The van der Waals surface area contributed by atoms with E-state index >= 15 is 0 Å². The standard InChI is InChI=1S/C20H12Cl4F6N2O4S/c21-11-3-9(1-2-15(11)37(34,35)7-16(33)31-8-19(25,26)27)14-6-18(36-32-14,20(28,29)30)10-4-12(22)17(24)13(23)5-10/h1-5H,6-8H2,(H,31,33). The number of carbonyl (C=O) groups excluding carboxylic acids is 1. The molecule has 0 saturated carbocycles. The van der Waals surface area contributed by atoms with Crippen LogP contribution in [0.15, 0.2) is 40.4 Å². The second-order valence-electron chi connectivity index (χ2n) is 7.68. The van der Waals surface area contributed by atoms with Crippen molar-refractivity contribution in [2.24, 2.45) is 5.16 Å². The third-order valence-electron chi connectivity index (χ3n) is 5.04. The molecule has 17 heteroatoms. The summed E-state index contributed by atoms with van der Waals surface area (Å²) in [6.07, 6.45) is -10.7. The Morgan fingerprint density at radius 1 is 1.00 bits per heavy atom. The number of oxime groups is 1. The smallest absolute Gasteiger partial charge is 0.374 e. The highest BCUT2D eigenvalue weighted by Gasteiger charge is 2.62. The van der Waals surface area contributed by atoms with Gasteiger partial charge in [-0.1, -0.05) is 57.6 Å². The number of benzene rings is 2. The van der Waals surface area contributed by atoms with Gasteiger partial charge in [0, 0.05) is 17.5 Å². The average molecular weight is 632 g/mol. The minimum Gasteiger partial charge on any atom is -0.374 e. The van der Waals surface area contributed by atoms with E-state index in [0.717, 1.165) is 30.3 Å². The average Bonchev–Trinajstić information content (AvgIpc) is 3.22. The summed E-state index contributed by atoms with van der Waals surface area (Å²) in [7, 11) is -4.51. The van der Waals surface area contributed by atoms with E-state index in [1.165, 1.54) is 5.32 Å². The van der Waals surface area contributed by atoms with Crippen LogP contribution >= 0.6 is 46.4 Å². The van der Waals surface area contributed by atoms with Gasteiger partial charge in [0.15, 0.2) is 9.84 Å². The van der Waals surface area contributed by atoms with Crippen LogP contribution in [0.5, 0.6) is 0 Å². The summed E-state index contributed by atoms with van der Waals surface area (Å²) in [6, 6.07) is 4.76. The normalized spacial score (nSPS) is 18.4. The van der Waals surface area contributed by atoms with E-state index < -0.39 is 67.9 Å². The molecule has 202 valence electrons. The number of sulfone groups is 1. The first-order valence-electron chi connectivity index (χ1n) is 9.69. The Bertz CT molecular complexity index is 1360. The van der Waals surface area contributed by atoms with Crippen molar-refractivity contribution in [3.05, 3.63) is 61.5 Å². The lowest BCUT2D eigenvalue weighted by Gasteiger charge is -2.30. The summed E-state index contributed by atoms with van der Waals surface area (Å²) < 4.78 is 104. The first-order chi connectivity index (χ1) is 16.9. The van der Waals surface area contributed by atoms with Gasteiger partial charge < -0.3 is 10.2 Å². The first kappa shape index (κ1) is 29.6. The van der Waals surface area contributed by atoms with E-state index in [9.17, 15) is 39.6 Å². The van der Waals surface area contributed by atoms with Gasteiger partial charge >= 0.3 is 12.4 Å². The minimum atomic E-state index is -5.02. The zero-order valence-corrected chi connectivity index (χ0v) is 21.6. The molecular formula is C20H12Cl4F6N2O4S. The quantitative estimate of drug-likeness (QED) is 0.298. The van der Waals surface area contributed by atoms with Crippen LogP contribution in [0.4, 0.5) is 26.3 Å². The van der Waals surface area contributed by atoms with Gasteiger partial charge in [0.2, 0.25) is 5.91 Å². The molecule has 0 fully saturated rings. The summed E-state index contributed by atoms with van der Waals surface area (Å²) >= 11 is 23.6. The molecule has 1 aliphatic heterocycles. The number of carbonyl (C=O) groups is 1. The van der Waals surface area contributed by atoms with Gasteiger partial charge in [-0.3, -0.25) is 4.79 Å². The van der Waals surface area contributed by atoms with Crippen molar-refractivity contribution in [3.63, 3.8) is 0 Å². The van der Waals surface area contributed by atoms with Crippen LogP contribution in [0.2, 0.25) is 20.1 Å². The molecule has 0 bridgehead atoms. The van der Waals surface area contributed by atoms with Crippen molar-refractivity contribution < 1.29 is 44.4 Å². The molecule has 1 amide bonds. The van der Waals surface area contributed by atoms with Crippen LogP contribution in [-0.4, -0.2) is 44.7 Å². The molecule has 0 aliphatic carbocycles. The molecule has 2 aromatic rings. The molecular weight excluding hydrogens is 620 g/mol. The number of alkyl halides is 6. The van der Waals surface area contributed by atoms with E-state index in [1.54, 1.807) is 0 Å². The molecule has 1 heterocycles. The summed E-state index contributed by atoms with van der Waals surface area (Å²) in [4.78, 5) is 15.9. The molecule has 0 spiro atoms. The monoisotopic (exact) mass is 630 g/mol. The van der Waals surface area contributed by atoms with Crippen LogP contribution < -0.4 is 5.32 Å². The Morgan fingerprint density at radius 2 is 1.59 bits per heavy atom. The molecule has 1 atom stereocenters. The fourth-order valence-electron chi connectivity index (χ4n) is 3.28. The summed E-state index contributed by atoms with van der Waals surface area (Å²) in [5, 5.41) is 3.73. The number of halogens is 10. The fourth-order valence-corrected chi connectivity index (χ4v) is 5.64. The molecule has 0 aromatic heterocycles. The largest absolute Gasteiger partial charge is 0.435 e. The maximum absolute atomic E-state index is 14.2. The number of hydrogen-bond acceptors (Lipinski definition) is 5. The number of nitrogens with zero attached hydrogens (tertiary/aromatic N) is 1. The van der Waals surface area contributed by atoms with E-state index in [1.807, 2.05) is 0 Å². The van der Waals surface area contributed by atoms with Crippen molar-refractivity contribution >= 4 is 67.9 Å². The van der Waals surface area contributed by atoms with Crippen molar-refractivity contribution in [2.45, 2.75) is 29.3 Å². The molecule has 1 unspecified atom stereocenters. The van der Waals surface area contributed by atoms with Crippen LogP contribution in [0, 0.1) is 0 Å². The number of hydrogen-bond donors (Lipinski definition) is 1. The predicted octanol–water partition coefficient (Wildman–Crippen LogP) is 6.33.